The summed E-state index contributed by atoms with van der Waals surface area (Å²) in [4.78, 5) is 22.8. The molecule has 0 radical (unpaired) electrons. The molecule has 0 unspecified atom stereocenters. The van der Waals surface area contributed by atoms with E-state index in [-0.39, 0.29) is 11.7 Å². The van der Waals surface area contributed by atoms with Crippen LogP contribution in [0.2, 0.25) is 0 Å². The minimum atomic E-state index is -0.0951. The number of thioether (sulfide) groups is 1. The summed E-state index contributed by atoms with van der Waals surface area (Å²) in [5.74, 6) is 0.701. The molecular formula is C17H20N6OS. The van der Waals surface area contributed by atoms with Gasteiger partial charge in [0, 0.05) is 36.9 Å². The zero-order valence-corrected chi connectivity index (χ0v) is 15.5. The van der Waals surface area contributed by atoms with Gasteiger partial charge < -0.3 is 10.2 Å². The monoisotopic (exact) mass is 356 g/mol. The second-order valence-electron chi connectivity index (χ2n) is 5.92. The number of carbonyl (C=O) groups is 1. The van der Waals surface area contributed by atoms with Crippen molar-refractivity contribution in [1.29, 1.82) is 0 Å². The van der Waals surface area contributed by atoms with Crippen LogP contribution >= 0.6 is 11.8 Å². The van der Waals surface area contributed by atoms with Crippen molar-refractivity contribution in [2.45, 2.75) is 19.0 Å². The van der Waals surface area contributed by atoms with E-state index >= 15 is 0 Å². The van der Waals surface area contributed by atoms with Crippen LogP contribution in [0, 0.1) is 13.8 Å². The molecule has 1 aromatic carbocycles. The standard InChI is InChI=1S/C17H20N6OS/c1-11-9-12(2)23-16(18-11)20-17(21-23)25-10-15(24)19-13-5-7-14(8-6-13)22(3)4/h5-9H,10H2,1-4H3,(H,19,24). The minimum absolute atomic E-state index is 0.0951. The molecule has 0 saturated carbocycles. The second-order valence-corrected chi connectivity index (χ2v) is 6.87. The lowest BCUT2D eigenvalue weighted by Gasteiger charge is -2.12. The van der Waals surface area contributed by atoms with Gasteiger partial charge in [0.2, 0.25) is 11.1 Å². The van der Waals surface area contributed by atoms with Crippen LogP contribution in [-0.2, 0) is 4.79 Å². The Morgan fingerprint density at radius 1 is 1.20 bits per heavy atom. The van der Waals surface area contributed by atoms with Gasteiger partial charge in [0.05, 0.1) is 5.75 Å². The van der Waals surface area contributed by atoms with Crippen LogP contribution in [-0.4, -0.2) is 45.3 Å². The Morgan fingerprint density at radius 3 is 2.60 bits per heavy atom. The van der Waals surface area contributed by atoms with Crippen molar-refractivity contribution in [3.63, 3.8) is 0 Å². The van der Waals surface area contributed by atoms with Crippen molar-refractivity contribution in [2.75, 3.05) is 30.1 Å². The Labute approximate surface area is 150 Å². The van der Waals surface area contributed by atoms with Crippen molar-refractivity contribution >= 4 is 34.8 Å². The zero-order valence-electron chi connectivity index (χ0n) is 14.6. The van der Waals surface area contributed by atoms with Gasteiger partial charge in [-0.25, -0.2) is 9.50 Å². The number of hydrogen-bond donors (Lipinski definition) is 1. The summed E-state index contributed by atoms with van der Waals surface area (Å²) < 4.78 is 1.69. The molecule has 2 aromatic heterocycles. The third-order valence-electron chi connectivity index (χ3n) is 3.60. The van der Waals surface area contributed by atoms with E-state index < -0.39 is 0 Å². The molecule has 0 spiro atoms. The van der Waals surface area contributed by atoms with Crippen LogP contribution < -0.4 is 10.2 Å². The SMILES string of the molecule is Cc1cc(C)n2nc(SCC(=O)Nc3ccc(N(C)C)cc3)nc2n1. The maximum Gasteiger partial charge on any atom is 0.253 e. The fourth-order valence-electron chi connectivity index (χ4n) is 2.38. The normalized spacial score (nSPS) is 10.9. The van der Waals surface area contributed by atoms with Crippen molar-refractivity contribution in [2.24, 2.45) is 0 Å². The maximum absolute atomic E-state index is 12.1. The van der Waals surface area contributed by atoms with Gasteiger partial charge in [-0.05, 0) is 44.2 Å². The van der Waals surface area contributed by atoms with Crippen molar-refractivity contribution in [1.82, 2.24) is 19.6 Å². The van der Waals surface area contributed by atoms with Gasteiger partial charge in [0.15, 0.2) is 0 Å². The highest BCUT2D eigenvalue weighted by molar-refractivity contribution is 7.99. The van der Waals surface area contributed by atoms with E-state index in [1.54, 1.807) is 4.52 Å². The Kier molecular flexibility index (Phi) is 4.89. The van der Waals surface area contributed by atoms with Gasteiger partial charge in [-0.2, -0.15) is 4.98 Å². The molecule has 7 nitrogen and oxygen atoms in total. The predicted molar refractivity (Wildman–Crippen MR) is 100 cm³/mol. The summed E-state index contributed by atoms with van der Waals surface area (Å²) in [7, 11) is 3.95. The van der Waals surface area contributed by atoms with Crippen molar-refractivity contribution in [3.05, 3.63) is 41.7 Å². The molecule has 3 aromatic rings. The van der Waals surface area contributed by atoms with Gasteiger partial charge in [-0.15, -0.1) is 5.10 Å². The summed E-state index contributed by atoms with van der Waals surface area (Å²) in [6.07, 6.45) is 0. The van der Waals surface area contributed by atoms with E-state index in [1.807, 2.05) is 63.2 Å². The van der Waals surface area contributed by atoms with Crippen LogP contribution in [0.1, 0.15) is 11.4 Å². The first-order valence-corrected chi connectivity index (χ1v) is 8.82. The molecular weight excluding hydrogens is 336 g/mol. The fraction of sp³-hybridized carbons (Fsp3) is 0.294. The topological polar surface area (TPSA) is 75.4 Å². The quantitative estimate of drug-likeness (QED) is 0.708. The molecule has 0 atom stereocenters. The number of carbonyl (C=O) groups excluding carboxylic acids is 1. The lowest BCUT2D eigenvalue weighted by molar-refractivity contribution is -0.113. The minimum Gasteiger partial charge on any atom is -0.378 e. The zero-order chi connectivity index (χ0) is 18.0. The van der Waals surface area contributed by atoms with E-state index in [4.69, 9.17) is 0 Å². The Morgan fingerprint density at radius 2 is 1.92 bits per heavy atom. The third-order valence-corrected chi connectivity index (χ3v) is 4.44. The number of benzene rings is 1. The van der Waals surface area contributed by atoms with Gasteiger partial charge in [-0.1, -0.05) is 11.8 Å². The molecule has 0 saturated heterocycles. The highest BCUT2D eigenvalue weighted by Crippen LogP contribution is 2.18. The number of aryl methyl sites for hydroxylation is 2. The van der Waals surface area contributed by atoms with E-state index in [0.717, 1.165) is 22.8 Å². The summed E-state index contributed by atoms with van der Waals surface area (Å²) in [6.45, 7) is 3.87. The summed E-state index contributed by atoms with van der Waals surface area (Å²) in [5.41, 5.74) is 3.71. The maximum atomic E-state index is 12.1. The van der Waals surface area contributed by atoms with Gasteiger partial charge in [0.25, 0.3) is 5.78 Å². The third kappa shape index (κ3) is 4.08. The Hall–Kier alpha value is -2.61. The van der Waals surface area contributed by atoms with Crippen LogP contribution in [0.3, 0.4) is 0 Å². The van der Waals surface area contributed by atoms with Crippen molar-refractivity contribution < 1.29 is 4.79 Å². The molecule has 3 rings (SSSR count). The predicted octanol–water partition coefficient (Wildman–Crippen LogP) is 2.54. The van der Waals surface area contributed by atoms with Crippen molar-refractivity contribution in [3.8, 4) is 0 Å². The summed E-state index contributed by atoms with van der Waals surface area (Å²) in [6, 6.07) is 9.64. The largest absolute Gasteiger partial charge is 0.378 e. The average Bonchev–Trinajstić information content (AvgIpc) is 2.97. The molecule has 0 aliphatic carbocycles. The number of hydrogen-bond acceptors (Lipinski definition) is 6. The molecule has 0 aliphatic heterocycles. The first-order chi connectivity index (χ1) is 11.9. The molecule has 8 heteroatoms. The Bertz CT molecular complexity index is 903. The molecule has 0 bridgehead atoms. The number of fused-ring (bicyclic) bond motifs is 1. The Balaban J connectivity index is 1.61. The average molecular weight is 356 g/mol. The highest BCUT2D eigenvalue weighted by atomic mass is 32.2. The fourth-order valence-corrected chi connectivity index (χ4v) is 3.00. The van der Waals surface area contributed by atoms with E-state index in [1.165, 1.54) is 11.8 Å². The number of aromatic nitrogens is 4. The molecule has 1 N–H and O–H groups in total. The molecule has 0 aliphatic rings. The molecule has 1 amide bonds. The van der Waals surface area contributed by atoms with Crippen LogP contribution in [0.4, 0.5) is 11.4 Å². The van der Waals surface area contributed by atoms with Gasteiger partial charge in [0.1, 0.15) is 0 Å². The first kappa shape index (κ1) is 17.2. The van der Waals surface area contributed by atoms with Gasteiger partial charge in [-0.3, -0.25) is 4.79 Å². The highest BCUT2D eigenvalue weighted by Gasteiger charge is 2.11. The van der Waals surface area contributed by atoms with E-state index in [2.05, 4.69) is 20.4 Å². The van der Waals surface area contributed by atoms with Gasteiger partial charge >= 0.3 is 0 Å². The number of rotatable bonds is 5. The summed E-state index contributed by atoms with van der Waals surface area (Å²) in [5, 5.41) is 7.80. The second kappa shape index (κ2) is 7.10. The smallest absolute Gasteiger partial charge is 0.253 e. The van der Waals surface area contributed by atoms with Crippen LogP contribution in [0.25, 0.3) is 5.78 Å². The van der Waals surface area contributed by atoms with Crippen LogP contribution in [0.15, 0.2) is 35.5 Å². The van der Waals surface area contributed by atoms with Crippen LogP contribution in [0.5, 0.6) is 0 Å². The first-order valence-electron chi connectivity index (χ1n) is 7.83. The van der Waals surface area contributed by atoms with E-state index in [9.17, 15) is 4.79 Å². The number of amides is 1. The summed E-state index contributed by atoms with van der Waals surface area (Å²) >= 11 is 1.29. The van der Waals surface area contributed by atoms with E-state index in [0.29, 0.717) is 10.9 Å². The molecule has 0 fully saturated rings. The number of anilines is 2. The lowest BCUT2D eigenvalue weighted by Crippen LogP contribution is -2.14. The molecule has 130 valence electrons. The number of nitrogens with zero attached hydrogens (tertiary/aromatic N) is 5. The number of nitrogens with one attached hydrogen (secondary N) is 1. The molecule has 25 heavy (non-hydrogen) atoms. The molecule has 2 heterocycles. The lowest BCUT2D eigenvalue weighted by atomic mass is 10.2.